The van der Waals surface area contributed by atoms with Gasteiger partial charge in [0.2, 0.25) is 0 Å². The van der Waals surface area contributed by atoms with Crippen LogP contribution < -0.4 is 4.74 Å². The van der Waals surface area contributed by atoms with E-state index >= 15 is 0 Å². The summed E-state index contributed by atoms with van der Waals surface area (Å²) in [6, 6.07) is 7.73. The highest BCUT2D eigenvalue weighted by Crippen LogP contribution is 2.31. The Kier molecular flexibility index (Phi) is 4.00. The van der Waals surface area contributed by atoms with E-state index in [1.54, 1.807) is 30.5 Å². The number of aryl methyl sites for hydroxylation is 1. The van der Waals surface area contributed by atoms with E-state index in [1.807, 2.05) is 48.4 Å². The van der Waals surface area contributed by atoms with Crippen molar-refractivity contribution in [2.75, 3.05) is 7.11 Å². The van der Waals surface area contributed by atoms with E-state index in [0.29, 0.717) is 0 Å². The van der Waals surface area contributed by atoms with Crippen molar-refractivity contribution in [1.29, 1.82) is 0 Å². The largest absolute Gasteiger partial charge is 0.497 e. The second-order valence-corrected chi connectivity index (χ2v) is 5.91. The predicted octanol–water partition coefficient (Wildman–Crippen LogP) is 2.48. The molecule has 0 N–H and O–H groups in total. The van der Waals surface area contributed by atoms with E-state index in [4.69, 9.17) is 4.74 Å². The molecule has 0 aliphatic rings. The van der Waals surface area contributed by atoms with Crippen LogP contribution in [0.3, 0.4) is 0 Å². The van der Waals surface area contributed by atoms with Crippen molar-refractivity contribution in [2.24, 2.45) is 7.05 Å². The Morgan fingerprint density at radius 3 is 2.65 bits per heavy atom. The standard InChI is InChI=1S/C18H19N7O/c1-13(17-20-12-22-23(17)2)24-10-8-19-18(24)15-11-14(26-3)5-6-16(15)25-9-4-7-21-25/h4-13H,1-3H3/t13-/m1/s1. The summed E-state index contributed by atoms with van der Waals surface area (Å²) >= 11 is 0. The Bertz CT molecular complexity index is 1020. The Labute approximate surface area is 150 Å². The van der Waals surface area contributed by atoms with Gasteiger partial charge >= 0.3 is 0 Å². The number of methoxy groups -OCH3 is 1. The fraction of sp³-hybridized carbons (Fsp3) is 0.222. The lowest BCUT2D eigenvalue weighted by Gasteiger charge is -2.18. The highest BCUT2D eigenvalue weighted by molar-refractivity contribution is 5.70. The van der Waals surface area contributed by atoms with Gasteiger partial charge in [-0.3, -0.25) is 4.68 Å². The minimum absolute atomic E-state index is 0.0309. The molecule has 0 aliphatic carbocycles. The van der Waals surface area contributed by atoms with Gasteiger partial charge in [0.1, 0.15) is 23.7 Å². The molecule has 0 bridgehead atoms. The monoisotopic (exact) mass is 349 g/mol. The molecule has 1 aromatic carbocycles. The molecule has 26 heavy (non-hydrogen) atoms. The van der Waals surface area contributed by atoms with E-state index in [2.05, 4.69) is 31.7 Å². The highest BCUT2D eigenvalue weighted by atomic mass is 16.5. The average Bonchev–Trinajstić information content (AvgIpc) is 3.41. The van der Waals surface area contributed by atoms with Crippen LogP contribution in [-0.4, -0.2) is 41.2 Å². The van der Waals surface area contributed by atoms with E-state index in [-0.39, 0.29) is 6.04 Å². The normalized spacial score (nSPS) is 12.3. The third kappa shape index (κ3) is 2.65. The van der Waals surface area contributed by atoms with Crippen LogP contribution in [0.2, 0.25) is 0 Å². The Balaban J connectivity index is 1.87. The number of hydrogen-bond acceptors (Lipinski definition) is 5. The molecular weight excluding hydrogens is 330 g/mol. The molecule has 0 amide bonds. The third-order valence-electron chi connectivity index (χ3n) is 4.40. The van der Waals surface area contributed by atoms with Crippen molar-refractivity contribution in [3.63, 3.8) is 0 Å². The Morgan fingerprint density at radius 2 is 1.96 bits per heavy atom. The van der Waals surface area contributed by atoms with Gasteiger partial charge in [-0.25, -0.2) is 14.6 Å². The molecular formula is C18H19N7O. The molecule has 3 heterocycles. The van der Waals surface area contributed by atoms with E-state index in [0.717, 1.165) is 28.6 Å². The molecule has 1 atom stereocenters. The summed E-state index contributed by atoms with van der Waals surface area (Å²) in [6.07, 6.45) is 8.95. The second kappa shape index (κ2) is 6.47. The Hall–Kier alpha value is -3.42. The van der Waals surface area contributed by atoms with Gasteiger partial charge in [-0.05, 0) is 31.2 Å². The van der Waals surface area contributed by atoms with Gasteiger partial charge in [-0.1, -0.05) is 0 Å². The first-order chi connectivity index (χ1) is 12.7. The van der Waals surface area contributed by atoms with Gasteiger partial charge in [0.15, 0.2) is 0 Å². The lowest BCUT2D eigenvalue weighted by atomic mass is 10.1. The van der Waals surface area contributed by atoms with Crippen LogP contribution in [0.1, 0.15) is 18.8 Å². The average molecular weight is 349 g/mol. The van der Waals surface area contributed by atoms with Crippen LogP contribution in [0.4, 0.5) is 0 Å². The first kappa shape index (κ1) is 16.1. The molecule has 0 saturated carbocycles. The number of hydrogen-bond donors (Lipinski definition) is 0. The van der Waals surface area contributed by atoms with Gasteiger partial charge in [-0.2, -0.15) is 10.2 Å². The lowest BCUT2D eigenvalue weighted by Crippen LogP contribution is -2.14. The molecule has 8 heteroatoms. The topological polar surface area (TPSA) is 75.6 Å². The van der Waals surface area contributed by atoms with Crippen LogP contribution in [0, 0.1) is 0 Å². The lowest BCUT2D eigenvalue weighted by molar-refractivity contribution is 0.415. The van der Waals surface area contributed by atoms with Crippen LogP contribution in [-0.2, 0) is 7.05 Å². The maximum atomic E-state index is 5.42. The van der Waals surface area contributed by atoms with Gasteiger partial charge in [0, 0.05) is 37.4 Å². The molecule has 0 spiro atoms. The summed E-state index contributed by atoms with van der Waals surface area (Å²) in [5.41, 5.74) is 1.85. The molecule has 0 saturated heterocycles. The van der Waals surface area contributed by atoms with Crippen molar-refractivity contribution < 1.29 is 4.74 Å². The number of benzene rings is 1. The first-order valence-corrected chi connectivity index (χ1v) is 8.24. The van der Waals surface area contributed by atoms with Crippen molar-refractivity contribution in [3.05, 3.63) is 61.2 Å². The smallest absolute Gasteiger partial charge is 0.149 e. The SMILES string of the molecule is COc1ccc(-n2cccn2)c(-c2nccn2[C@H](C)c2ncnn2C)c1. The van der Waals surface area contributed by atoms with Crippen LogP contribution in [0.15, 0.2) is 55.4 Å². The van der Waals surface area contributed by atoms with Gasteiger partial charge in [0.05, 0.1) is 18.8 Å². The van der Waals surface area contributed by atoms with Crippen LogP contribution in [0.25, 0.3) is 17.1 Å². The molecule has 0 radical (unpaired) electrons. The third-order valence-corrected chi connectivity index (χ3v) is 4.40. The van der Waals surface area contributed by atoms with Crippen molar-refractivity contribution in [1.82, 2.24) is 34.1 Å². The molecule has 132 valence electrons. The fourth-order valence-corrected chi connectivity index (χ4v) is 3.07. The molecule has 8 nitrogen and oxygen atoms in total. The van der Waals surface area contributed by atoms with E-state index in [1.165, 1.54) is 0 Å². The van der Waals surface area contributed by atoms with E-state index in [9.17, 15) is 0 Å². The number of aromatic nitrogens is 7. The van der Waals surface area contributed by atoms with Crippen molar-refractivity contribution >= 4 is 0 Å². The first-order valence-electron chi connectivity index (χ1n) is 8.24. The van der Waals surface area contributed by atoms with Crippen LogP contribution in [0.5, 0.6) is 5.75 Å². The van der Waals surface area contributed by atoms with Crippen LogP contribution >= 0.6 is 0 Å². The summed E-state index contributed by atoms with van der Waals surface area (Å²) in [5, 5.41) is 8.54. The number of rotatable bonds is 5. The minimum atomic E-state index is -0.0309. The molecule has 0 unspecified atom stereocenters. The summed E-state index contributed by atoms with van der Waals surface area (Å²) in [7, 11) is 3.54. The van der Waals surface area contributed by atoms with Crippen molar-refractivity contribution in [3.8, 4) is 22.8 Å². The van der Waals surface area contributed by atoms with Crippen molar-refractivity contribution in [2.45, 2.75) is 13.0 Å². The zero-order valence-electron chi connectivity index (χ0n) is 14.8. The summed E-state index contributed by atoms with van der Waals surface area (Å²) < 4.78 is 11.1. The maximum absolute atomic E-state index is 5.42. The second-order valence-electron chi connectivity index (χ2n) is 5.91. The fourth-order valence-electron chi connectivity index (χ4n) is 3.07. The minimum Gasteiger partial charge on any atom is -0.497 e. The zero-order chi connectivity index (χ0) is 18.1. The molecule has 3 aromatic heterocycles. The predicted molar refractivity (Wildman–Crippen MR) is 96.2 cm³/mol. The summed E-state index contributed by atoms with van der Waals surface area (Å²) in [4.78, 5) is 8.98. The summed E-state index contributed by atoms with van der Waals surface area (Å²) in [5.74, 6) is 2.43. The molecule has 4 rings (SSSR count). The molecule has 0 fully saturated rings. The quantitative estimate of drug-likeness (QED) is 0.553. The molecule has 0 aliphatic heterocycles. The number of nitrogens with zero attached hydrogens (tertiary/aromatic N) is 7. The van der Waals surface area contributed by atoms with Gasteiger partial charge < -0.3 is 9.30 Å². The maximum Gasteiger partial charge on any atom is 0.149 e. The molecule has 4 aromatic rings. The van der Waals surface area contributed by atoms with Gasteiger partial charge in [0.25, 0.3) is 0 Å². The summed E-state index contributed by atoms with van der Waals surface area (Å²) in [6.45, 7) is 2.07. The zero-order valence-corrected chi connectivity index (χ0v) is 14.8. The highest BCUT2D eigenvalue weighted by Gasteiger charge is 2.20. The number of imidazole rings is 1. The Morgan fingerprint density at radius 1 is 1.08 bits per heavy atom. The number of ether oxygens (including phenoxy) is 1. The van der Waals surface area contributed by atoms with Gasteiger partial charge in [-0.15, -0.1) is 0 Å². The van der Waals surface area contributed by atoms with E-state index < -0.39 is 0 Å².